The Labute approximate surface area is 169 Å². The van der Waals surface area contributed by atoms with Gasteiger partial charge in [0, 0.05) is 12.6 Å². The van der Waals surface area contributed by atoms with Gasteiger partial charge in [0.05, 0.1) is 19.7 Å². The highest BCUT2D eigenvalue weighted by Crippen LogP contribution is 2.27. The van der Waals surface area contributed by atoms with Crippen LogP contribution in [0, 0.1) is 0 Å². The highest BCUT2D eigenvalue weighted by Gasteiger charge is 2.23. The van der Waals surface area contributed by atoms with Gasteiger partial charge >= 0.3 is 0 Å². The minimum atomic E-state index is 0. The Morgan fingerprint density at radius 1 is 1.28 bits per heavy atom. The second-order valence-corrected chi connectivity index (χ2v) is 6.55. The van der Waals surface area contributed by atoms with Gasteiger partial charge in [0.15, 0.2) is 5.96 Å². The molecule has 6 heteroatoms. The first kappa shape index (κ1) is 22.0. The molecule has 0 spiro atoms. The maximum Gasteiger partial charge on any atom is 0.191 e. The summed E-state index contributed by atoms with van der Waals surface area (Å²) in [6.45, 7) is 10.3. The van der Waals surface area contributed by atoms with Crippen molar-refractivity contribution in [2.24, 2.45) is 4.99 Å². The molecule has 1 atom stereocenters. The van der Waals surface area contributed by atoms with Gasteiger partial charge in [-0.05, 0) is 64.4 Å². The lowest BCUT2D eigenvalue weighted by Gasteiger charge is -2.27. The molecule has 1 aromatic rings. The molecule has 1 saturated heterocycles. The van der Waals surface area contributed by atoms with Crippen molar-refractivity contribution in [1.29, 1.82) is 0 Å². The van der Waals surface area contributed by atoms with Gasteiger partial charge < -0.3 is 15.4 Å². The van der Waals surface area contributed by atoms with Crippen LogP contribution in [0.3, 0.4) is 0 Å². The lowest BCUT2D eigenvalue weighted by Crippen LogP contribution is -2.41. The van der Waals surface area contributed by atoms with Crippen LogP contribution in [0.2, 0.25) is 0 Å². The summed E-state index contributed by atoms with van der Waals surface area (Å²) in [5, 5.41) is 6.73. The van der Waals surface area contributed by atoms with E-state index in [1.54, 1.807) is 7.11 Å². The first-order valence-corrected chi connectivity index (χ1v) is 9.07. The molecule has 142 valence electrons. The number of likely N-dealkylation sites (tertiary alicyclic amines) is 1. The summed E-state index contributed by atoms with van der Waals surface area (Å²) >= 11 is 0. The van der Waals surface area contributed by atoms with E-state index in [1.165, 1.54) is 18.4 Å². The molecule has 1 aromatic carbocycles. The number of rotatable bonds is 7. The molecule has 0 radical (unpaired) electrons. The number of methoxy groups -OCH3 is 1. The summed E-state index contributed by atoms with van der Waals surface area (Å²) in [5.41, 5.74) is 1.28. The fourth-order valence-corrected chi connectivity index (χ4v) is 3.10. The second-order valence-electron chi connectivity index (χ2n) is 6.55. The van der Waals surface area contributed by atoms with Crippen molar-refractivity contribution >= 4 is 29.9 Å². The van der Waals surface area contributed by atoms with Gasteiger partial charge in [-0.3, -0.25) is 9.89 Å². The third kappa shape index (κ3) is 7.01. The zero-order valence-corrected chi connectivity index (χ0v) is 18.2. The van der Waals surface area contributed by atoms with Crippen molar-refractivity contribution < 1.29 is 4.74 Å². The Hall–Kier alpha value is -1.02. The molecule has 25 heavy (non-hydrogen) atoms. The van der Waals surface area contributed by atoms with E-state index >= 15 is 0 Å². The molecule has 0 saturated carbocycles. The van der Waals surface area contributed by atoms with Crippen molar-refractivity contribution in [2.45, 2.75) is 45.7 Å². The molecule has 5 nitrogen and oxygen atoms in total. The van der Waals surface area contributed by atoms with Gasteiger partial charge in [0.2, 0.25) is 0 Å². The Morgan fingerprint density at radius 2 is 2.00 bits per heavy atom. The predicted molar refractivity (Wildman–Crippen MR) is 116 cm³/mol. The molecule has 0 bridgehead atoms. The average molecular weight is 460 g/mol. The third-order valence-electron chi connectivity index (χ3n) is 4.25. The summed E-state index contributed by atoms with van der Waals surface area (Å²) in [6.07, 6.45) is 2.54. The van der Waals surface area contributed by atoms with Crippen LogP contribution in [0.15, 0.2) is 29.3 Å². The van der Waals surface area contributed by atoms with Crippen LogP contribution in [-0.2, 0) is 0 Å². The van der Waals surface area contributed by atoms with Gasteiger partial charge in [-0.15, -0.1) is 24.0 Å². The van der Waals surface area contributed by atoms with Crippen LogP contribution in [0.5, 0.6) is 5.75 Å². The van der Waals surface area contributed by atoms with Gasteiger partial charge in [-0.1, -0.05) is 12.1 Å². The molecule has 0 aromatic heterocycles. The van der Waals surface area contributed by atoms with Crippen LogP contribution < -0.4 is 15.4 Å². The van der Waals surface area contributed by atoms with E-state index in [4.69, 9.17) is 9.73 Å². The standard InChI is InChI=1S/C19H32N4O.HI/c1-5-20-19(22-15(2)3)21-14-18(23-11-6-7-12-23)16-9-8-10-17(13-16)24-4;/h8-10,13,15,18H,5-7,11-12,14H2,1-4H3,(H2,20,21,22);1H. The van der Waals surface area contributed by atoms with E-state index in [2.05, 4.69) is 54.5 Å². The third-order valence-corrected chi connectivity index (χ3v) is 4.25. The topological polar surface area (TPSA) is 48.9 Å². The molecule has 1 fully saturated rings. The number of nitrogens with zero attached hydrogens (tertiary/aromatic N) is 2. The molecule has 0 aliphatic carbocycles. The number of benzene rings is 1. The van der Waals surface area contributed by atoms with E-state index < -0.39 is 0 Å². The van der Waals surface area contributed by atoms with Crippen molar-refractivity contribution in [3.05, 3.63) is 29.8 Å². The normalized spacial score (nSPS) is 16.4. The highest BCUT2D eigenvalue weighted by atomic mass is 127. The van der Waals surface area contributed by atoms with E-state index in [0.29, 0.717) is 12.1 Å². The van der Waals surface area contributed by atoms with Gasteiger partial charge in [0.25, 0.3) is 0 Å². The van der Waals surface area contributed by atoms with E-state index in [9.17, 15) is 0 Å². The fourth-order valence-electron chi connectivity index (χ4n) is 3.10. The lowest BCUT2D eigenvalue weighted by molar-refractivity contribution is 0.251. The number of hydrogen-bond donors (Lipinski definition) is 2. The monoisotopic (exact) mass is 460 g/mol. The number of aliphatic imine (C=N–C) groups is 1. The maximum atomic E-state index is 5.41. The molecule has 0 amide bonds. The number of nitrogens with one attached hydrogen (secondary N) is 2. The van der Waals surface area contributed by atoms with E-state index in [1.807, 2.05) is 6.07 Å². The van der Waals surface area contributed by atoms with Crippen molar-refractivity contribution in [1.82, 2.24) is 15.5 Å². The minimum absolute atomic E-state index is 0. The number of hydrogen-bond acceptors (Lipinski definition) is 3. The van der Waals surface area contributed by atoms with Crippen LogP contribution in [-0.4, -0.2) is 50.2 Å². The van der Waals surface area contributed by atoms with Crippen LogP contribution in [0.25, 0.3) is 0 Å². The van der Waals surface area contributed by atoms with Crippen molar-refractivity contribution in [3.8, 4) is 5.75 Å². The molecular formula is C19H33IN4O. The highest BCUT2D eigenvalue weighted by molar-refractivity contribution is 14.0. The van der Waals surface area contributed by atoms with Crippen LogP contribution >= 0.6 is 24.0 Å². The predicted octanol–water partition coefficient (Wildman–Crippen LogP) is 3.41. The number of ether oxygens (including phenoxy) is 1. The summed E-state index contributed by atoms with van der Waals surface area (Å²) in [5.74, 6) is 1.80. The number of halogens is 1. The molecule has 2 rings (SSSR count). The quantitative estimate of drug-likeness (QED) is 0.372. The Morgan fingerprint density at radius 3 is 2.60 bits per heavy atom. The summed E-state index contributed by atoms with van der Waals surface area (Å²) < 4.78 is 5.41. The largest absolute Gasteiger partial charge is 0.497 e. The Kier molecular flexibility index (Phi) is 10.2. The molecular weight excluding hydrogens is 427 g/mol. The Balaban J connectivity index is 0.00000312. The fraction of sp³-hybridized carbons (Fsp3) is 0.632. The summed E-state index contributed by atoms with van der Waals surface area (Å²) in [6, 6.07) is 9.05. The first-order chi connectivity index (χ1) is 11.6. The zero-order valence-electron chi connectivity index (χ0n) is 15.9. The smallest absolute Gasteiger partial charge is 0.191 e. The van der Waals surface area contributed by atoms with Crippen LogP contribution in [0.1, 0.15) is 45.2 Å². The summed E-state index contributed by atoms with van der Waals surface area (Å²) in [4.78, 5) is 7.38. The molecule has 1 unspecified atom stereocenters. The number of guanidine groups is 1. The van der Waals surface area contributed by atoms with Crippen molar-refractivity contribution in [2.75, 3.05) is 33.3 Å². The second kappa shape index (κ2) is 11.6. The van der Waals surface area contributed by atoms with E-state index in [-0.39, 0.29) is 24.0 Å². The zero-order chi connectivity index (χ0) is 17.4. The van der Waals surface area contributed by atoms with Crippen LogP contribution in [0.4, 0.5) is 0 Å². The molecule has 2 N–H and O–H groups in total. The lowest BCUT2D eigenvalue weighted by atomic mass is 10.1. The van der Waals surface area contributed by atoms with Crippen molar-refractivity contribution in [3.63, 3.8) is 0 Å². The summed E-state index contributed by atoms with van der Waals surface area (Å²) in [7, 11) is 1.72. The van der Waals surface area contributed by atoms with Gasteiger partial charge in [0.1, 0.15) is 5.75 Å². The first-order valence-electron chi connectivity index (χ1n) is 9.07. The minimum Gasteiger partial charge on any atom is -0.497 e. The SMILES string of the molecule is CCNC(=NCC(c1cccc(OC)c1)N1CCCC1)NC(C)C.I. The molecule has 1 aliphatic rings. The molecule has 1 heterocycles. The van der Waals surface area contributed by atoms with Gasteiger partial charge in [-0.2, -0.15) is 0 Å². The van der Waals surface area contributed by atoms with E-state index in [0.717, 1.165) is 37.9 Å². The van der Waals surface area contributed by atoms with Gasteiger partial charge in [-0.25, -0.2) is 0 Å². The maximum absolute atomic E-state index is 5.41. The Bertz CT molecular complexity index is 530. The average Bonchev–Trinajstić information content (AvgIpc) is 3.09. The molecule has 1 aliphatic heterocycles.